The molecule has 0 aliphatic heterocycles. The van der Waals surface area contributed by atoms with Gasteiger partial charge in [-0.25, -0.2) is 4.21 Å². The molecule has 132 valence electrons. The number of hydrogen-bond donors (Lipinski definition) is 0. The van der Waals surface area contributed by atoms with Crippen LogP contribution >= 0.6 is 0 Å². The largest absolute Gasteiger partial charge is 0.490 e. The number of ether oxygens (including phenoxy) is 1. The highest BCUT2D eigenvalue weighted by atomic mass is 32.2. The lowest BCUT2D eigenvalue weighted by molar-refractivity contribution is 0.296. The van der Waals surface area contributed by atoms with Gasteiger partial charge >= 0.3 is 0 Å². The van der Waals surface area contributed by atoms with Crippen molar-refractivity contribution in [3.05, 3.63) is 23.8 Å². The van der Waals surface area contributed by atoms with Crippen LogP contribution in [0.2, 0.25) is 0 Å². The van der Waals surface area contributed by atoms with Crippen LogP contribution in [0.5, 0.6) is 11.5 Å². The van der Waals surface area contributed by atoms with Gasteiger partial charge in [0.1, 0.15) is 0 Å². The summed E-state index contributed by atoms with van der Waals surface area (Å²) in [6.45, 7) is 8.98. The summed E-state index contributed by atoms with van der Waals surface area (Å²) >= 11 is -1.31. The van der Waals surface area contributed by atoms with E-state index in [1.54, 1.807) is 0 Å². The van der Waals surface area contributed by atoms with Crippen LogP contribution in [0.3, 0.4) is 0 Å². The van der Waals surface area contributed by atoms with Gasteiger partial charge in [0.15, 0.2) is 11.5 Å². The van der Waals surface area contributed by atoms with E-state index in [1.807, 2.05) is 39.0 Å². The molecule has 1 rings (SSSR count). The molecular formula is C19H32O3S. The second-order valence-corrected chi connectivity index (χ2v) is 7.62. The Balaban J connectivity index is 2.46. The molecule has 4 heteroatoms. The zero-order valence-corrected chi connectivity index (χ0v) is 15.9. The predicted octanol–water partition coefficient (Wildman–Crippen LogP) is 5.43. The van der Waals surface area contributed by atoms with E-state index < -0.39 is 11.1 Å². The minimum Gasteiger partial charge on any atom is -0.490 e. The molecule has 0 bridgehead atoms. The van der Waals surface area contributed by atoms with E-state index in [4.69, 9.17) is 8.92 Å². The maximum atomic E-state index is 12.0. The van der Waals surface area contributed by atoms with Crippen molar-refractivity contribution in [2.45, 2.75) is 66.2 Å². The van der Waals surface area contributed by atoms with E-state index >= 15 is 0 Å². The quantitative estimate of drug-likeness (QED) is 0.476. The van der Waals surface area contributed by atoms with Crippen molar-refractivity contribution in [1.29, 1.82) is 0 Å². The summed E-state index contributed by atoms with van der Waals surface area (Å²) in [4.78, 5) is 0. The molecule has 0 fully saturated rings. The lowest BCUT2D eigenvalue weighted by atomic mass is 10.1. The minimum absolute atomic E-state index is 0.341. The standard InChI is InChI=1S/C19H32O3S/c1-5-6-7-8-9-10-13-21-18-12-11-17(4)14-19(18)22-23(20)15-16(2)3/h11-12,14,16H,5-10,13,15H2,1-4H3. The number of unbranched alkanes of at least 4 members (excludes halogenated alkanes) is 5. The third-order valence-corrected chi connectivity index (χ3v) is 4.81. The molecule has 1 unspecified atom stereocenters. The molecule has 23 heavy (non-hydrogen) atoms. The van der Waals surface area contributed by atoms with Gasteiger partial charge in [-0.2, -0.15) is 0 Å². The average Bonchev–Trinajstić information content (AvgIpc) is 2.47. The van der Waals surface area contributed by atoms with Gasteiger partial charge in [-0.05, 0) is 37.0 Å². The molecule has 0 aliphatic carbocycles. The van der Waals surface area contributed by atoms with E-state index in [0.29, 0.717) is 29.8 Å². The van der Waals surface area contributed by atoms with Gasteiger partial charge in [0.25, 0.3) is 0 Å². The van der Waals surface area contributed by atoms with Gasteiger partial charge in [-0.15, -0.1) is 0 Å². The number of aryl methyl sites for hydroxylation is 1. The first kappa shape index (κ1) is 20.0. The Labute approximate surface area is 144 Å². The van der Waals surface area contributed by atoms with E-state index in [9.17, 15) is 4.21 Å². The van der Waals surface area contributed by atoms with Gasteiger partial charge in [0.2, 0.25) is 11.1 Å². The van der Waals surface area contributed by atoms with E-state index in [-0.39, 0.29) is 0 Å². The molecular weight excluding hydrogens is 308 g/mol. The lowest BCUT2D eigenvalue weighted by Gasteiger charge is -2.13. The summed E-state index contributed by atoms with van der Waals surface area (Å²) in [5.74, 6) is 2.16. The molecule has 0 heterocycles. The summed E-state index contributed by atoms with van der Waals surface area (Å²) in [5.41, 5.74) is 1.08. The number of hydrogen-bond acceptors (Lipinski definition) is 3. The molecule has 0 amide bonds. The lowest BCUT2D eigenvalue weighted by Crippen LogP contribution is -2.11. The SMILES string of the molecule is CCCCCCCCOc1ccc(C)cc1OS(=O)CC(C)C. The minimum atomic E-state index is -1.31. The molecule has 0 radical (unpaired) electrons. The first-order valence-electron chi connectivity index (χ1n) is 8.83. The maximum Gasteiger partial charge on any atom is 0.206 e. The van der Waals surface area contributed by atoms with Crippen LogP contribution in [0, 0.1) is 12.8 Å². The van der Waals surface area contributed by atoms with Gasteiger partial charge in [-0.3, -0.25) is 0 Å². The van der Waals surface area contributed by atoms with Gasteiger partial charge in [-0.1, -0.05) is 58.9 Å². The molecule has 0 saturated heterocycles. The smallest absolute Gasteiger partial charge is 0.206 e. The van der Waals surface area contributed by atoms with Crippen LogP contribution in [0.4, 0.5) is 0 Å². The molecule has 1 aromatic rings. The molecule has 1 aromatic carbocycles. The summed E-state index contributed by atoms with van der Waals surface area (Å²) in [6, 6.07) is 5.80. The molecule has 0 aromatic heterocycles. The van der Waals surface area contributed by atoms with Gasteiger partial charge < -0.3 is 8.92 Å². The highest BCUT2D eigenvalue weighted by molar-refractivity contribution is 7.80. The molecule has 3 nitrogen and oxygen atoms in total. The topological polar surface area (TPSA) is 35.5 Å². The van der Waals surface area contributed by atoms with Gasteiger partial charge in [0, 0.05) is 0 Å². The van der Waals surface area contributed by atoms with Crippen LogP contribution in [0.15, 0.2) is 18.2 Å². The monoisotopic (exact) mass is 340 g/mol. The summed E-state index contributed by atoms with van der Waals surface area (Å²) in [5, 5.41) is 0. The number of rotatable bonds is 12. The molecule has 1 atom stereocenters. The summed E-state index contributed by atoms with van der Waals surface area (Å²) in [7, 11) is 0. The Bertz CT molecular complexity index is 472. The molecule has 0 spiro atoms. The summed E-state index contributed by atoms with van der Waals surface area (Å²) in [6.07, 6.45) is 7.41. The van der Waals surface area contributed by atoms with Crippen LogP contribution in [-0.4, -0.2) is 16.6 Å². The Morgan fingerprint density at radius 1 is 1.04 bits per heavy atom. The predicted molar refractivity (Wildman–Crippen MR) is 98.5 cm³/mol. The Morgan fingerprint density at radius 2 is 1.74 bits per heavy atom. The second kappa shape index (κ2) is 11.5. The zero-order valence-electron chi connectivity index (χ0n) is 15.1. The molecule has 0 N–H and O–H groups in total. The van der Waals surface area contributed by atoms with Crippen molar-refractivity contribution >= 4 is 11.1 Å². The zero-order chi connectivity index (χ0) is 17.1. The second-order valence-electron chi connectivity index (χ2n) is 6.51. The third kappa shape index (κ3) is 8.99. The number of benzene rings is 1. The fraction of sp³-hybridized carbons (Fsp3) is 0.684. The fourth-order valence-electron chi connectivity index (χ4n) is 2.27. The van der Waals surface area contributed by atoms with Gasteiger partial charge in [0.05, 0.1) is 12.4 Å². The van der Waals surface area contributed by atoms with Crippen molar-refractivity contribution in [2.24, 2.45) is 5.92 Å². The van der Waals surface area contributed by atoms with E-state index in [1.165, 1.54) is 32.1 Å². The van der Waals surface area contributed by atoms with Crippen molar-refractivity contribution in [1.82, 2.24) is 0 Å². The third-order valence-electron chi connectivity index (χ3n) is 3.51. The first-order chi connectivity index (χ1) is 11.0. The first-order valence-corrected chi connectivity index (χ1v) is 10.1. The Morgan fingerprint density at radius 3 is 2.43 bits per heavy atom. The normalized spacial score (nSPS) is 12.4. The summed E-state index contributed by atoms with van der Waals surface area (Å²) < 4.78 is 23.4. The molecule has 0 saturated carbocycles. The van der Waals surface area contributed by atoms with E-state index in [0.717, 1.165) is 12.0 Å². The van der Waals surface area contributed by atoms with Crippen molar-refractivity contribution < 1.29 is 13.1 Å². The molecule has 0 aliphatic rings. The Hall–Kier alpha value is -1.03. The van der Waals surface area contributed by atoms with Crippen LogP contribution in [0.1, 0.15) is 64.9 Å². The highest BCUT2D eigenvalue weighted by Crippen LogP contribution is 2.29. The Kier molecular flexibility index (Phi) is 10.0. The highest BCUT2D eigenvalue weighted by Gasteiger charge is 2.11. The van der Waals surface area contributed by atoms with Crippen molar-refractivity contribution in [3.63, 3.8) is 0 Å². The van der Waals surface area contributed by atoms with E-state index in [2.05, 4.69) is 6.92 Å². The fourth-order valence-corrected chi connectivity index (χ4v) is 3.21. The van der Waals surface area contributed by atoms with Crippen LogP contribution < -0.4 is 8.92 Å². The van der Waals surface area contributed by atoms with Crippen LogP contribution in [0.25, 0.3) is 0 Å². The maximum absolute atomic E-state index is 12.0. The van der Waals surface area contributed by atoms with Crippen molar-refractivity contribution in [3.8, 4) is 11.5 Å². The average molecular weight is 341 g/mol. The van der Waals surface area contributed by atoms with Crippen molar-refractivity contribution in [2.75, 3.05) is 12.4 Å². The van der Waals surface area contributed by atoms with Crippen LogP contribution in [-0.2, 0) is 11.1 Å².